The van der Waals surface area contributed by atoms with Crippen molar-refractivity contribution in [2.24, 2.45) is 5.73 Å². The lowest BCUT2D eigenvalue weighted by molar-refractivity contribution is 0.174. The first kappa shape index (κ1) is 21.1. The Labute approximate surface area is 172 Å². The van der Waals surface area contributed by atoms with E-state index in [2.05, 4.69) is 0 Å². The third-order valence-corrected chi connectivity index (χ3v) is 6.14. The lowest BCUT2D eigenvalue weighted by atomic mass is 10.2. The Morgan fingerprint density at radius 2 is 1.31 bits per heavy atom. The zero-order valence-electron chi connectivity index (χ0n) is 16.2. The number of unbranched alkanes of at least 4 members (excludes halogenated alkanes) is 1. The minimum atomic E-state index is -3.61. The molecule has 2 atom stereocenters. The van der Waals surface area contributed by atoms with Crippen molar-refractivity contribution in [1.29, 1.82) is 0 Å². The summed E-state index contributed by atoms with van der Waals surface area (Å²) in [5.41, 5.74) is 6.13. The number of para-hydroxylation sites is 2. The molecule has 2 N–H and O–H groups in total. The highest BCUT2D eigenvalue weighted by Gasteiger charge is 2.31. The number of ether oxygens (including phenoxy) is 1. The van der Waals surface area contributed by atoms with E-state index in [9.17, 15) is 4.57 Å². The molecule has 0 fully saturated rings. The average Bonchev–Trinajstić information content (AvgIpc) is 2.75. The van der Waals surface area contributed by atoms with Crippen LogP contribution in [0.15, 0.2) is 91.0 Å². The summed E-state index contributed by atoms with van der Waals surface area (Å²) in [7, 11) is -3.61. The van der Waals surface area contributed by atoms with Crippen molar-refractivity contribution in [2.45, 2.75) is 25.5 Å². The van der Waals surface area contributed by atoms with E-state index in [1.165, 1.54) is 0 Å². The fourth-order valence-corrected chi connectivity index (χ4v) is 4.42. The Morgan fingerprint density at radius 3 is 1.93 bits per heavy atom. The van der Waals surface area contributed by atoms with Crippen molar-refractivity contribution in [1.82, 2.24) is 0 Å². The van der Waals surface area contributed by atoms with Crippen LogP contribution in [0.3, 0.4) is 0 Å². The van der Waals surface area contributed by atoms with Crippen molar-refractivity contribution in [2.75, 3.05) is 6.61 Å². The summed E-state index contributed by atoms with van der Waals surface area (Å²) in [6.07, 6.45) is 1.45. The minimum Gasteiger partial charge on any atom is -0.494 e. The largest absolute Gasteiger partial charge is 0.494 e. The van der Waals surface area contributed by atoms with Crippen molar-refractivity contribution < 1.29 is 18.3 Å². The molecular formula is C23H26NO4P. The number of benzene rings is 3. The number of hydrogen-bond donors (Lipinski definition) is 1. The Kier molecular flexibility index (Phi) is 7.88. The van der Waals surface area contributed by atoms with E-state index in [-0.39, 0.29) is 0 Å². The molecule has 152 valence electrons. The highest BCUT2D eigenvalue weighted by Crippen LogP contribution is 2.48. The molecule has 6 heteroatoms. The first-order valence-corrected chi connectivity index (χ1v) is 11.2. The zero-order valence-corrected chi connectivity index (χ0v) is 17.1. The van der Waals surface area contributed by atoms with Crippen molar-refractivity contribution in [3.8, 4) is 11.5 Å². The van der Waals surface area contributed by atoms with Gasteiger partial charge in [0.2, 0.25) is 0 Å². The molecule has 0 bridgehead atoms. The van der Waals surface area contributed by atoms with Crippen LogP contribution in [0.5, 0.6) is 11.5 Å². The van der Waals surface area contributed by atoms with Crippen LogP contribution >= 0.6 is 7.60 Å². The van der Waals surface area contributed by atoms with E-state index < -0.39 is 13.8 Å². The molecule has 0 spiro atoms. The van der Waals surface area contributed by atoms with Crippen LogP contribution in [0.2, 0.25) is 0 Å². The predicted octanol–water partition coefficient (Wildman–Crippen LogP) is 5.13. The summed E-state index contributed by atoms with van der Waals surface area (Å²) in [5, 5.41) is 0.478. The topological polar surface area (TPSA) is 70.8 Å². The molecule has 0 aromatic heterocycles. The van der Waals surface area contributed by atoms with Crippen LogP contribution in [-0.2, 0) is 9.09 Å². The van der Waals surface area contributed by atoms with Gasteiger partial charge in [-0.1, -0.05) is 54.6 Å². The molecule has 2 unspecified atom stereocenters. The highest BCUT2D eigenvalue weighted by molar-refractivity contribution is 7.62. The summed E-state index contributed by atoms with van der Waals surface area (Å²) in [4.78, 5) is 0. The van der Waals surface area contributed by atoms with Crippen LogP contribution in [-0.4, -0.2) is 12.8 Å². The molecule has 0 radical (unpaired) electrons. The van der Waals surface area contributed by atoms with Gasteiger partial charge in [0, 0.05) is 0 Å². The maximum Gasteiger partial charge on any atom is 0.412 e. The molecule has 5 nitrogen and oxygen atoms in total. The fourth-order valence-electron chi connectivity index (χ4n) is 2.75. The number of nitrogens with two attached hydrogens (primary N) is 1. The third-order valence-electron chi connectivity index (χ3n) is 4.21. The molecule has 0 amide bonds. The van der Waals surface area contributed by atoms with Gasteiger partial charge < -0.3 is 15.0 Å². The standard InChI is InChI=1S/C23H26NO4P/c24-23(18-10-11-19-26-20-12-4-1-5-13-20)28-29(25,22-16-8-3-9-17-22)27-21-14-6-2-7-15-21/h1-9,12-17,23H,10-11,18-19,24H2. The quantitative estimate of drug-likeness (QED) is 0.269. The third kappa shape index (κ3) is 6.75. The SMILES string of the molecule is NC(CCCCOc1ccccc1)OP(=O)(Oc1ccccc1)c1ccccc1. The zero-order chi connectivity index (χ0) is 20.4. The molecule has 3 rings (SSSR count). The second-order valence-electron chi connectivity index (χ2n) is 6.54. The predicted molar refractivity (Wildman–Crippen MR) is 116 cm³/mol. The second kappa shape index (κ2) is 10.8. The first-order chi connectivity index (χ1) is 14.2. The Bertz CT molecular complexity index is 891. The van der Waals surface area contributed by atoms with Crippen molar-refractivity contribution in [3.05, 3.63) is 91.0 Å². The van der Waals surface area contributed by atoms with Gasteiger partial charge in [-0.2, -0.15) is 0 Å². The summed E-state index contributed by atoms with van der Waals surface area (Å²) >= 11 is 0. The van der Waals surface area contributed by atoms with Crippen LogP contribution in [0.1, 0.15) is 19.3 Å². The molecule has 29 heavy (non-hydrogen) atoms. The van der Waals surface area contributed by atoms with Crippen molar-refractivity contribution in [3.63, 3.8) is 0 Å². The molecule has 0 saturated carbocycles. The first-order valence-electron chi connectivity index (χ1n) is 9.68. The van der Waals surface area contributed by atoms with Gasteiger partial charge in [0.1, 0.15) is 17.7 Å². The van der Waals surface area contributed by atoms with E-state index in [0.29, 0.717) is 24.1 Å². The maximum atomic E-state index is 13.5. The maximum absolute atomic E-state index is 13.5. The number of hydrogen-bond acceptors (Lipinski definition) is 5. The van der Waals surface area contributed by atoms with Gasteiger partial charge in [-0.3, -0.25) is 4.52 Å². The monoisotopic (exact) mass is 411 g/mol. The Balaban J connectivity index is 1.54. The van der Waals surface area contributed by atoms with Gasteiger partial charge in [-0.25, -0.2) is 4.57 Å². The molecule has 0 aliphatic rings. The average molecular weight is 411 g/mol. The summed E-state index contributed by atoms with van der Waals surface area (Å²) in [6.45, 7) is 0.591. The van der Waals surface area contributed by atoms with Gasteiger partial charge >= 0.3 is 7.60 Å². The molecule has 3 aromatic rings. The van der Waals surface area contributed by atoms with Crippen LogP contribution < -0.4 is 20.3 Å². The Morgan fingerprint density at radius 1 is 0.759 bits per heavy atom. The molecule has 0 aliphatic heterocycles. The molecule has 0 aliphatic carbocycles. The smallest absolute Gasteiger partial charge is 0.412 e. The summed E-state index contributed by atoms with van der Waals surface area (Å²) in [5.74, 6) is 1.32. The molecule has 0 saturated heterocycles. The van der Waals surface area contributed by atoms with E-state index in [1.807, 2.05) is 54.6 Å². The van der Waals surface area contributed by atoms with E-state index >= 15 is 0 Å². The van der Waals surface area contributed by atoms with Gasteiger partial charge in [-0.05, 0) is 55.7 Å². The van der Waals surface area contributed by atoms with Gasteiger partial charge in [-0.15, -0.1) is 0 Å². The number of rotatable bonds is 11. The van der Waals surface area contributed by atoms with Crippen LogP contribution in [0.4, 0.5) is 0 Å². The molecular weight excluding hydrogens is 385 g/mol. The summed E-state index contributed by atoms with van der Waals surface area (Å²) < 4.78 is 30.7. The van der Waals surface area contributed by atoms with Gasteiger partial charge in [0.05, 0.1) is 11.9 Å². The van der Waals surface area contributed by atoms with Crippen LogP contribution in [0.25, 0.3) is 0 Å². The summed E-state index contributed by atoms with van der Waals surface area (Å²) in [6, 6.07) is 27.6. The highest BCUT2D eigenvalue weighted by atomic mass is 31.2. The lowest BCUT2D eigenvalue weighted by Gasteiger charge is -2.23. The van der Waals surface area contributed by atoms with E-state index in [0.717, 1.165) is 18.6 Å². The normalized spacial score (nSPS) is 14.0. The minimum absolute atomic E-state index is 0.475. The van der Waals surface area contributed by atoms with E-state index in [1.54, 1.807) is 36.4 Å². The van der Waals surface area contributed by atoms with E-state index in [4.69, 9.17) is 19.5 Å². The second-order valence-corrected chi connectivity index (χ2v) is 8.44. The fraction of sp³-hybridized carbons (Fsp3) is 0.217. The Hall–Kier alpha value is -2.59. The molecule has 0 heterocycles. The van der Waals surface area contributed by atoms with Gasteiger partial charge in [0.25, 0.3) is 0 Å². The molecule has 3 aromatic carbocycles. The van der Waals surface area contributed by atoms with Gasteiger partial charge in [0.15, 0.2) is 0 Å². The van der Waals surface area contributed by atoms with Crippen molar-refractivity contribution >= 4 is 12.9 Å². The lowest BCUT2D eigenvalue weighted by Crippen LogP contribution is -2.26. The van der Waals surface area contributed by atoms with Crippen LogP contribution in [0, 0.1) is 0 Å².